The zero-order chi connectivity index (χ0) is 8.36. The Morgan fingerprint density at radius 3 is 2.27 bits per heavy atom. The van der Waals surface area contributed by atoms with Gasteiger partial charge >= 0.3 is 0 Å². The van der Waals surface area contributed by atoms with E-state index < -0.39 is 0 Å². The van der Waals surface area contributed by atoms with Crippen LogP contribution in [0.3, 0.4) is 0 Å². The molecule has 0 N–H and O–H groups in total. The molecule has 0 spiro atoms. The van der Waals surface area contributed by atoms with E-state index in [9.17, 15) is 0 Å². The Morgan fingerprint density at radius 1 is 1.09 bits per heavy atom. The second kappa shape index (κ2) is 8.34. The maximum atomic E-state index is 3.51. The van der Waals surface area contributed by atoms with Crippen molar-refractivity contribution in [1.29, 1.82) is 0 Å². The molecule has 11 heavy (non-hydrogen) atoms. The van der Waals surface area contributed by atoms with Crippen molar-refractivity contribution in [2.75, 3.05) is 0 Å². The van der Waals surface area contributed by atoms with Crippen LogP contribution in [0, 0.1) is 23.7 Å². The van der Waals surface area contributed by atoms with Crippen LogP contribution in [0.1, 0.15) is 6.92 Å². The van der Waals surface area contributed by atoms with Gasteiger partial charge in [-0.05, 0) is 30.9 Å². The molecule has 0 saturated carbocycles. The summed E-state index contributed by atoms with van der Waals surface area (Å²) in [6.07, 6.45) is 8.77. The smallest absolute Gasteiger partial charge is 0.0102 e. The standard InChI is InChI=1S/C11H10/c1-3-5-7-9-11-10-8-6-4-2/h3-7H,1H2,2H3/b6-4+,7-5+. The van der Waals surface area contributed by atoms with Crippen molar-refractivity contribution < 1.29 is 0 Å². The predicted molar refractivity (Wildman–Crippen MR) is 49.7 cm³/mol. The maximum absolute atomic E-state index is 3.51. The molecule has 0 aromatic rings. The lowest BCUT2D eigenvalue weighted by Crippen LogP contribution is -1.51. The second-order valence-electron chi connectivity index (χ2n) is 1.63. The first-order valence-electron chi connectivity index (χ1n) is 3.31. The first kappa shape index (κ1) is 9.34. The highest BCUT2D eigenvalue weighted by Gasteiger charge is 1.55. The third kappa shape index (κ3) is 8.34. The second-order valence-corrected chi connectivity index (χ2v) is 1.63. The lowest BCUT2D eigenvalue weighted by Gasteiger charge is -1.62. The maximum Gasteiger partial charge on any atom is -0.0102 e. The number of hydrogen-bond donors (Lipinski definition) is 0. The summed E-state index contributed by atoms with van der Waals surface area (Å²) >= 11 is 0. The number of rotatable bonds is 1. The van der Waals surface area contributed by atoms with Gasteiger partial charge in [0.1, 0.15) is 0 Å². The van der Waals surface area contributed by atoms with E-state index in [1.807, 2.05) is 13.0 Å². The fourth-order valence-electron chi connectivity index (χ4n) is 0.355. The minimum absolute atomic E-state index is 1.67. The summed E-state index contributed by atoms with van der Waals surface area (Å²) in [5, 5.41) is 0. The normalized spacial score (nSPS) is 8.45. The summed E-state index contributed by atoms with van der Waals surface area (Å²) in [6, 6.07) is 0. The average Bonchev–Trinajstić information content (AvgIpc) is 2.03. The van der Waals surface area contributed by atoms with Gasteiger partial charge < -0.3 is 0 Å². The third-order valence-electron chi connectivity index (χ3n) is 0.772. The summed E-state index contributed by atoms with van der Waals surface area (Å²) < 4.78 is 0. The van der Waals surface area contributed by atoms with Gasteiger partial charge in [-0.25, -0.2) is 0 Å². The average molecular weight is 142 g/mol. The molecule has 0 aliphatic rings. The van der Waals surface area contributed by atoms with Crippen molar-refractivity contribution >= 4 is 0 Å². The van der Waals surface area contributed by atoms with E-state index in [2.05, 4.69) is 30.3 Å². The molecular weight excluding hydrogens is 132 g/mol. The van der Waals surface area contributed by atoms with Crippen molar-refractivity contribution in [2.24, 2.45) is 0 Å². The number of allylic oxidation sites excluding steroid dienone is 5. The van der Waals surface area contributed by atoms with Crippen LogP contribution in [0.4, 0.5) is 0 Å². The molecule has 0 heteroatoms. The van der Waals surface area contributed by atoms with Crippen molar-refractivity contribution in [3.63, 3.8) is 0 Å². The Labute approximate surface area is 68.3 Å². The molecule has 0 heterocycles. The molecule has 0 saturated heterocycles. The predicted octanol–water partition coefficient (Wildman–Crippen LogP) is 2.31. The van der Waals surface area contributed by atoms with E-state index in [0.717, 1.165) is 0 Å². The van der Waals surface area contributed by atoms with Crippen LogP contribution in [-0.4, -0.2) is 0 Å². The van der Waals surface area contributed by atoms with Gasteiger partial charge in [-0.2, -0.15) is 0 Å². The highest BCUT2D eigenvalue weighted by molar-refractivity contribution is 5.34. The van der Waals surface area contributed by atoms with Gasteiger partial charge in [-0.1, -0.05) is 36.6 Å². The zero-order valence-electron chi connectivity index (χ0n) is 6.59. The quantitative estimate of drug-likeness (QED) is 0.389. The van der Waals surface area contributed by atoms with E-state index in [-0.39, 0.29) is 0 Å². The van der Waals surface area contributed by atoms with Gasteiger partial charge in [0.2, 0.25) is 0 Å². The highest BCUT2D eigenvalue weighted by Crippen LogP contribution is 1.68. The van der Waals surface area contributed by atoms with E-state index in [1.54, 1.807) is 24.3 Å². The lowest BCUT2D eigenvalue weighted by atomic mass is 10.4. The molecule has 0 atom stereocenters. The monoisotopic (exact) mass is 142 g/mol. The summed E-state index contributed by atoms with van der Waals surface area (Å²) in [7, 11) is 0. The van der Waals surface area contributed by atoms with Crippen molar-refractivity contribution in [1.82, 2.24) is 0 Å². The molecule has 0 aromatic carbocycles. The summed E-state index contributed by atoms with van der Waals surface area (Å²) in [5.74, 6) is 10.8. The molecule has 0 rings (SSSR count). The molecule has 0 fully saturated rings. The molecule has 0 bridgehead atoms. The molecule has 0 amide bonds. The summed E-state index contributed by atoms with van der Waals surface area (Å²) in [6.45, 7) is 5.42. The van der Waals surface area contributed by atoms with E-state index in [1.165, 1.54) is 0 Å². The van der Waals surface area contributed by atoms with Crippen LogP contribution >= 0.6 is 0 Å². The zero-order valence-corrected chi connectivity index (χ0v) is 6.59. The fraction of sp³-hybridized carbons (Fsp3) is 0.0909. The highest BCUT2D eigenvalue weighted by atomic mass is 13.6. The van der Waals surface area contributed by atoms with Gasteiger partial charge in [-0.15, -0.1) is 0 Å². The van der Waals surface area contributed by atoms with Crippen LogP contribution in [-0.2, 0) is 0 Å². The minimum Gasteiger partial charge on any atom is -0.0990 e. The molecule has 0 aliphatic carbocycles. The minimum atomic E-state index is 1.67. The topological polar surface area (TPSA) is 0 Å². The SMILES string of the molecule is C=C/C=C/C#CC#C/C=C/C. The molecule has 54 valence electrons. The first-order valence-corrected chi connectivity index (χ1v) is 3.31. The Kier molecular flexibility index (Phi) is 7.08. The van der Waals surface area contributed by atoms with Crippen molar-refractivity contribution in [2.45, 2.75) is 6.92 Å². The van der Waals surface area contributed by atoms with Gasteiger partial charge in [0.25, 0.3) is 0 Å². The Bertz CT molecular complexity index is 269. The van der Waals surface area contributed by atoms with Crippen molar-refractivity contribution in [3.8, 4) is 23.7 Å². The Balaban J connectivity index is 3.83. The van der Waals surface area contributed by atoms with Crippen LogP contribution in [0.5, 0.6) is 0 Å². The molecule has 0 aromatic heterocycles. The van der Waals surface area contributed by atoms with Crippen molar-refractivity contribution in [3.05, 3.63) is 37.0 Å². The van der Waals surface area contributed by atoms with Crippen LogP contribution in [0.25, 0.3) is 0 Å². The first-order chi connectivity index (χ1) is 5.41. The molecule has 0 unspecified atom stereocenters. The van der Waals surface area contributed by atoms with E-state index >= 15 is 0 Å². The summed E-state index contributed by atoms with van der Waals surface area (Å²) in [5.41, 5.74) is 0. The third-order valence-corrected chi connectivity index (χ3v) is 0.772. The Morgan fingerprint density at radius 2 is 1.73 bits per heavy atom. The number of hydrogen-bond acceptors (Lipinski definition) is 0. The lowest BCUT2D eigenvalue weighted by molar-refractivity contribution is 1.76. The largest absolute Gasteiger partial charge is 0.0990 e. The molecule has 0 nitrogen and oxygen atoms in total. The van der Waals surface area contributed by atoms with Gasteiger partial charge in [0.15, 0.2) is 0 Å². The fourth-order valence-corrected chi connectivity index (χ4v) is 0.355. The van der Waals surface area contributed by atoms with Crippen LogP contribution < -0.4 is 0 Å². The van der Waals surface area contributed by atoms with E-state index in [0.29, 0.717) is 0 Å². The Hall–Kier alpha value is -1.66. The summed E-state index contributed by atoms with van der Waals surface area (Å²) in [4.78, 5) is 0. The van der Waals surface area contributed by atoms with Gasteiger partial charge in [0, 0.05) is 0 Å². The van der Waals surface area contributed by atoms with Gasteiger partial charge in [0.05, 0.1) is 0 Å². The van der Waals surface area contributed by atoms with Gasteiger partial charge in [-0.3, -0.25) is 0 Å². The van der Waals surface area contributed by atoms with Crippen LogP contribution in [0.15, 0.2) is 37.0 Å². The molecule has 0 aliphatic heterocycles. The molecular formula is C11H10. The molecule has 0 radical (unpaired) electrons. The van der Waals surface area contributed by atoms with Crippen LogP contribution in [0.2, 0.25) is 0 Å². The van der Waals surface area contributed by atoms with E-state index in [4.69, 9.17) is 0 Å².